The minimum absolute atomic E-state index is 0.0782. The van der Waals surface area contributed by atoms with Crippen LogP contribution in [0, 0.1) is 0 Å². The number of nitrogens with zero attached hydrogens (tertiary/aromatic N) is 3. The fourth-order valence-corrected chi connectivity index (χ4v) is 2.99. The fourth-order valence-electron chi connectivity index (χ4n) is 2.99. The van der Waals surface area contributed by atoms with Crippen molar-refractivity contribution >= 4 is 5.91 Å². The molecule has 1 aliphatic heterocycles. The highest BCUT2D eigenvalue weighted by Gasteiger charge is 2.34. The van der Waals surface area contributed by atoms with Gasteiger partial charge in [0.25, 0.3) is 5.89 Å². The summed E-state index contributed by atoms with van der Waals surface area (Å²) >= 11 is 0. The minimum atomic E-state index is -0.0782. The number of furan rings is 1. The van der Waals surface area contributed by atoms with Crippen LogP contribution >= 0.6 is 0 Å². The van der Waals surface area contributed by atoms with Crippen LogP contribution in [0.4, 0.5) is 0 Å². The highest BCUT2D eigenvalue weighted by atomic mass is 16.5. The summed E-state index contributed by atoms with van der Waals surface area (Å²) in [5, 5.41) is 4.01. The molecule has 25 heavy (non-hydrogen) atoms. The van der Waals surface area contributed by atoms with Gasteiger partial charge in [-0.25, -0.2) is 0 Å². The van der Waals surface area contributed by atoms with E-state index in [0.29, 0.717) is 37.0 Å². The summed E-state index contributed by atoms with van der Waals surface area (Å²) in [6.07, 6.45) is 1.93. The average Bonchev–Trinajstić information content (AvgIpc) is 3.35. The van der Waals surface area contributed by atoms with Crippen molar-refractivity contribution in [1.29, 1.82) is 0 Å². The van der Waals surface area contributed by atoms with Gasteiger partial charge < -0.3 is 18.6 Å². The third-order valence-electron chi connectivity index (χ3n) is 4.26. The third kappa shape index (κ3) is 3.13. The molecule has 7 heteroatoms. The summed E-state index contributed by atoms with van der Waals surface area (Å²) in [5.41, 5.74) is 1.03. The first-order chi connectivity index (χ1) is 12.2. The van der Waals surface area contributed by atoms with Crippen LogP contribution in [-0.2, 0) is 11.3 Å². The first-order valence-electron chi connectivity index (χ1n) is 8.01. The molecule has 1 unspecified atom stereocenters. The maximum atomic E-state index is 12.3. The molecule has 0 radical (unpaired) electrons. The van der Waals surface area contributed by atoms with E-state index in [0.717, 1.165) is 11.3 Å². The maximum Gasteiger partial charge on any atom is 0.293 e. The molecule has 3 aromatic rings. The summed E-state index contributed by atoms with van der Waals surface area (Å²) in [4.78, 5) is 18.5. The smallest absolute Gasteiger partial charge is 0.293 e. The van der Waals surface area contributed by atoms with Crippen molar-refractivity contribution in [3.63, 3.8) is 0 Å². The second-order valence-electron chi connectivity index (χ2n) is 5.96. The molecular formula is C18H17N3O4. The highest BCUT2D eigenvalue weighted by molar-refractivity contribution is 5.79. The van der Waals surface area contributed by atoms with E-state index in [1.807, 2.05) is 29.2 Å². The van der Waals surface area contributed by atoms with Gasteiger partial charge in [0.15, 0.2) is 11.6 Å². The molecule has 2 aromatic heterocycles. The molecule has 0 spiro atoms. The van der Waals surface area contributed by atoms with Crippen LogP contribution in [0.1, 0.15) is 23.7 Å². The zero-order valence-corrected chi connectivity index (χ0v) is 13.7. The summed E-state index contributed by atoms with van der Waals surface area (Å²) in [6, 6.07) is 11.2. The Morgan fingerprint density at radius 1 is 1.32 bits per heavy atom. The van der Waals surface area contributed by atoms with E-state index in [4.69, 9.17) is 13.7 Å². The van der Waals surface area contributed by atoms with E-state index < -0.39 is 0 Å². The lowest BCUT2D eigenvalue weighted by Gasteiger charge is -2.16. The molecule has 0 N–H and O–H groups in total. The lowest BCUT2D eigenvalue weighted by molar-refractivity contribution is -0.128. The molecule has 1 atom stereocenters. The third-order valence-corrected chi connectivity index (χ3v) is 4.26. The Bertz CT molecular complexity index is 872. The van der Waals surface area contributed by atoms with Gasteiger partial charge in [-0.05, 0) is 29.8 Å². The Morgan fingerprint density at radius 3 is 3.04 bits per heavy atom. The van der Waals surface area contributed by atoms with Crippen LogP contribution in [0.25, 0.3) is 11.7 Å². The number of carbonyl (C=O) groups is 1. The molecule has 1 aromatic carbocycles. The normalized spacial score (nSPS) is 17.2. The average molecular weight is 339 g/mol. The van der Waals surface area contributed by atoms with Crippen LogP contribution in [0.3, 0.4) is 0 Å². The van der Waals surface area contributed by atoms with Crippen LogP contribution < -0.4 is 4.74 Å². The number of likely N-dealkylation sites (tertiary alicyclic amines) is 1. The van der Waals surface area contributed by atoms with Gasteiger partial charge in [0, 0.05) is 25.4 Å². The molecule has 4 rings (SSSR count). The molecule has 3 heterocycles. The van der Waals surface area contributed by atoms with Crippen LogP contribution in [0.2, 0.25) is 0 Å². The molecule has 128 valence electrons. The molecule has 0 aliphatic carbocycles. The van der Waals surface area contributed by atoms with Gasteiger partial charge in [0.05, 0.1) is 13.4 Å². The number of ether oxygens (including phenoxy) is 1. The molecule has 1 aliphatic rings. The number of benzene rings is 1. The van der Waals surface area contributed by atoms with Crippen molar-refractivity contribution in [2.45, 2.75) is 18.9 Å². The van der Waals surface area contributed by atoms with Crippen molar-refractivity contribution in [2.24, 2.45) is 0 Å². The molecular weight excluding hydrogens is 322 g/mol. The molecule has 7 nitrogen and oxygen atoms in total. The van der Waals surface area contributed by atoms with E-state index in [2.05, 4.69) is 10.1 Å². The Morgan fingerprint density at radius 2 is 2.24 bits per heavy atom. The van der Waals surface area contributed by atoms with Gasteiger partial charge >= 0.3 is 0 Å². The van der Waals surface area contributed by atoms with Gasteiger partial charge in [-0.1, -0.05) is 17.3 Å². The quantitative estimate of drug-likeness (QED) is 0.711. The number of hydrogen-bond acceptors (Lipinski definition) is 6. The van der Waals surface area contributed by atoms with Crippen molar-refractivity contribution in [3.05, 3.63) is 54.0 Å². The lowest BCUT2D eigenvalue weighted by Crippen LogP contribution is -2.24. The van der Waals surface area contributed by atoms with Crippen molar-refractivity contribution < 1.29 is 18.5 Å². The summed E-state index contributed by atoms with van der Waals surface area (Å²) in [5.74, 6) is 2.17. The zero-order chi connectivity index (χ0) is 17.2. The van der Waals surface area contributed by atoms with Gasteiger partial charge in [-0.3, -0.25) is 4.79 Å². The van der Waals surface area contributed by atoms with Gasteiger partial charge in [-0.2, -0.15) is 4.98 Å². The number of rotatable bonds is 5. The predicted octanol–water partition coefficient (Wildman–Crippen LogP) is 2.85. The Labute approximate surface area is 144 Å². The van der Waals surface area contributed by atoms with E-state index in [1.54, 1.807) is 25.5 Å². The second kappa shape index (κ2) is 6.43. The zero-order valence-electron chi connectivity index (χ0n) is 13.7. The van der Waals surface area contributed by atoms with Gasteiger partial charge in [0.2, 0.25) is 5.91 Å². The second-order valence-corrected chi connectivity index (χ2v) is 5.96. The predicted molar refractivity (Wildman–Crippen MR) is 87.8 cm³/mol. The number of hydrogen-bond donors (Lipinski definition) is 0. The number of amides is 1. The number of carbonyl (C=O) groups excluding carboxylic acids is 1. The number of aromatic nitrogens is 2. The SMILES string of the molecule is COc1cccc(CN2CC(c3noc(-c4ccco4)n3)CC2=O)c1. The fraction of sp³-hybridized carbons (Fsp3) is 0.278. The van der Waals surface area contributed by atoms with Crippen LogP contribution in [0.15, 0.2) is 51.6 Å². The Balaban J connectivity index is 1.47. The van der Waals surface area contributed by atoms with E-state index in [9.17, 15) is 4.79 Å². The molecule has 0 bridgehead atoms. The van der Waals surface area contributed by atoms with Crippen LogP contribution in [0.5, 0.6) is 5.75 Å². The van der Waals surface area contributed by atoms with Crippen molar-refractivity contribution in [1.82, 2.24) is 15.0 Å². The van der Waals surface area contributed by atoms with Crippen LogP contribution in [-0.4, -0.2) is 34.6 Å². The molecule has 1 saturated heterocycles. The maximum absolute atomic E-state index is 12.3. The Kier molecular flexibility index (Phi) is 3.97. The molecule has 1 fully saturated rings. The monoisotopic (exact) mass is 339 g/mol. The standard InChI is InChI=1S/C18H17N3O4/c1-23-14-5-2-4-12(8-14)10-21-11-13(9-16(21)22)17-19-18(25-20-17)15-6-3-7-24-15/h2-8,13H,9-11H2,1H3. The summed E-state index contributed by atoms with van der Waals surface area (Å²) in [6.45, 7) is 1.10. The first kappa shape index (κ1) is 15.4. The van der Waals surface area contributed by atoms with E-state index in [-0.39, 0.29) is 11.8 Å². The largest absolute Gasteiger partial charge is 0.497 e. The molecule has 1 amide bonds. The van der Waals surface area contributed by atoms with Crippen molar-refractivity contribution in [2.75, 3.05) is 13.7 Å². The summed E-state index contributed by atoms with van der Waals surface area (Å²) < 4.78 is 15.7. The lowest BCUT2D eigenvalue weighted by atomic mass is 10.1. The minimum Gasteiger partial charge on any atom is -0.497 e. The van der Waals surface area contributed by atoms with Gasteiger partial charge in [-0.15, -0.1) is 0 Å². The highest BCUT2D eigenvalue weighted by Crippen LogP contribution is 2.29. The summed E-state index contributed by atoms with van der Waals surface area (Å²) in [7, 11) is 1.63. The van der Waals surface area contributed by atoms with Gasteiger partial charge in [0.1, 0.15) is 5.75 Å². The first-order valence-corrected chi connectivity index (χ1v) is 8.01. The molecule has 0 saturated carbocycles. The number of methoxy groups -OCH3 is 1. The topological polar surface area (TPSA) is 81.6 Å². The van der Waals surface area contributed by atoms with Crippen molar-refractivity contribution in [3.8, 4) is 17.4 Å². The Hall–Kier alpha value is -3.09. The van der Waals surface area contributed by atoms with E-state index in [1.165, 1.54) is 0 Å². The van der Waals surface area contributed by atoms with E-state index >= 15 is 0 Å².